The van der Waals surface area contributed by atoms with Gasteiger partial charge in [0.15, 0.2) is 0 Å². The van der Waals surface area contributed by atoms with E-state index in [-0.39, 0.29) is 12.0 Å². The number of ether oxygens (including phenoxy) is 2. The van der Waals surface area contributed by atoms with Crippen LogP contribution >= 0.6 is 0 Å². The van der Waals surface area contributed by atoms with Gasteiger partial charge in [0.05, 0.1) is 17.7 Å². The highest BCUT2D eigenvalue weighted by atomic mass is 16.5. The van der Waals surface area contributed by atoms with Crippen LogP contribution in [0.4, 0.5) is 0 Å². The Hall–Kier alpha value is -4.57. The molecule has 0 aliphatic rings. The summed E-state index contributed by atoms with van der Waals surface area (Å²) in [4.78, 5) is 37.0. The lowest BCUT2D eigenvalue weighted by Gasteiger charge is -2.15. The molecule has 1 atom stereocenters. The maximum Gasteiger partial charge on any atom is 0.343 e. The van der Waals surface area contributed by atoms with Crippen LogP contribution in [0, 0.1) is 12.3 Å². The van der Waals surface area contributed by atoms with Crippen LogP contribution in [-0.2, 0) is 11.2 Å². The SMILES string of the molecule is C#Cc1ccccc1C(=O)N[C@@H](Cc1ccc(OC(=O)c2ccc(OCCCCCCC)cc2)cc1)C(=O)O. The number of carboxylic acid groups (broad SMARTS) is 1. The maximum atomic E-state index is 12.6. The molecular weight excluding hydrogens is 494 g/mol. The topological polar surface area (TPSA) is 102 Å². The number of carboxylic acids is 1. The van der Waals surface area contributed by atoms with Crippen molar-refractivity contribution in [3.63, 3.8) is 0 Å². The van der Waals surface area contributed by atoms with Gasteiger partial charge < -0.3 is 19.9 Å². The first-order valence-corrected chi connectivity index (χ1v) is 13.0. The zero-order chi connectivity index (χ0) is 28.0. The number of aliphatic carboxylic acids is 1. The third kappa shape index (κ3) is 9.04. The van der Waals surface area contributed by atoms with Crippen molar-refractivity contribution in [3.05, 3.63) is 95.1 Å². The van der Waals surface area contributed by atoms with Crippen LogP contribution in [0.15, 0.2) is 72.8 Å². The number of terminal acetylenes is 1. The number of nitrogens with one attached hydrogen (secondary N) is 1. The molecule has 3 rings (SSSR count). The number of hydrogen-bond acceptors (Lipinski definition) is 5. The quantitative estimate of drug-likeness (QED) is 0.121. The average Bonchev–Trinajstić information content (AvgIpc) is 2.95. The van der Waals surface area contributed by atoms with Crippen LogP contribution in [0.2, 0.25) is 0 Å². The number of rotatable bonds is 14. The van der Waals surface area contributed by atoms with Crippen LogP contribution in [0.3, 0.4) is 0 Å². The van der Waals surface area contributed by atoms with Gasteiger partial charge in [0.1, 0.15) is 17.5 Å². The average molecular weight is 528 g/mol. The Morgan fingerprint density at radius 3 is 2.23 bits per heavy atom. The molecule has 0 aromatic heterocycles. The highest BCUT2D eigenvalue weighted by Gasteiger charge is 2.22. The molecule has 202 valence electrons. The Morgan fingerprint density at radius 2 is 1.56 bits per heavy atom. The molecular formula is C32H33NO6. The van der Waals surface area contributed by atoms with Gasteiger partial charge in [-0.05, 0) is 60.5 Å². The fraction of sp³-hybridized carbons (Fsp3) is 0.281. The van der Waals surface area contributed by atoms with Crippen molar-refractivity contribution in [2.45, 2.75) is 51.5 Å². The van der Waals surface area contributed by atoms with E-state index in [1.165, 1.54) is 19.3 Å². The molecule has 39 heavy (non-hydrogen) atoms. The second-order valence-electron chi connectivity index (χ2n) is 9.08. The van der Waals surface area contributed by atoms with Crippen molar-refractivity contribution >= 4 is 17.8 Å². The van der Waals surface area contributed by atoms with Crippen molar-refractivity contribution in [1.29, 1.82) is 0 Å². The van der Waals surface area contributed by atoms with Gasteiger partial charge in [-0.2, -0.15) is 0 Å². The summed E-state index contributed by atoms with van der Waals surface area (Å²) in [6.07, 6.45) is 11.3. The lowest BCUT2D eigenvalue weighted by atomic mass is 10.0. The number of carbonyl (C=O) groups excluding carboxylic acids is 2. The molecule has 0 heterocycles. The standard InChI is InChI=1S/C32H33NO6/c1-3-5-6-7-10-21-38-26-19-15-25(16-20-26)32(37)39-27-17-13-23(14-18-27)22-29(31(35)36)33-30(34)28-12-9-8-11-24(28)4-2/h2,8-9,11-20,29H,3,5-7,10,21-22H2,1H3,(H,33,34)(H,35,36)/t29-/m0/s1. The Bertz CT molecular complexity index is 1290. The summed E-state index contributed by atoms with van der Waals surface area (Å²) in [7, 11) is 0. The fourth-order valence-corrected chi connectivity index (χ4v) is 3.92. The van der Waals surface area contributed by atoms with Crippen molar-refractivity contribution in [2.24, 2.45) is 0 Å². The van der Waals surface area contributed by atoms with Crippen molar-refractivity contribution < 1.29 is 29.0 Å². The van der Waals surface area contributed by atoms with E-state index < -0.39 is 23.9 Å². The highest BCUT2D eigenvalue weighted by molar-refractivity contribution is 5.98. The number of amides is 1. The van der Waals surface area contributed by atoms with Crippen LogP contribution in [-0.4, -0.2) is 35.6 Å². The molecule has 0 radical (unpaired) electrons. The van der Waals surface area contributed by atoms with E-state index in [0.717, 1.165) is 12.8 Å². The van der Waals surface area contributed by atoms with E-state index in [4.69, 9.17) is 15.9 Å². The molecule has 3 aromatic rings. The van der Waals surface area contributed by atoms with E-state index >= 15 is 0 Å². The largest absolute Gasteiger partial charge is 0.494 e. The Morgan fingerprint density at radius 1 is 0.897 bits per heavy atom. The summed E-state index contributed by atoms with van der Waals surface area (Å²) in [6, 6.07) is 18.6. The predicted octanol–water partition coefficient (Wildman–Crippen LogP) is 5.66. The molecule has 3 aromatic carbocycles. The van der Waals surface area contributed by atoms with E-state index in [1.54, 1.807) is 72.8 Å². The molecule has 0 fully saturated rings. The number of benzene rings is 3. The molecule has 0 saturated carbocycles. The van der Waals surface area contributed by atoms with Crippen LogP contribution in [0.5, 0.6) is 11.5 Å². The monoisotopic (exact) mass is 527 g/mol. The number of esters is 1. The van der Waals surface area contributed by atoms with Crippen molar-refractivity contribution in [3.8, 4) is 23.8 Å². The zero-order valence-electron chi connectivity index (χ0n) is 22.0. The molecule has 0 saturated heterocycles. The van der Waals surface area contributed by atoms with Crippen LogP contribution in [0.25, 0.3) is 0 Å². The second kappa shape index (κ2) is 15.0. The van der Waals surface area contributed by atoms with Crippen LogP contribution in [0.1, 0.15) is 70.9 Å². The van der Waals surface area contributed by atoms with Crippen molar-refractivity contribution in [2.75, 3.05) is 6.61 Å². The minimum atomic E-state index is -1.18. The first-order valence-electron chi connectivity index (χ1n) is 13.0. The van der Waals surface area contributed by atoms with E-state index in [2.05, 4.69) is 18.2 Å². The molecule has 0 spiro atoms. The highest BCUT2D eigenvalue weighted by Crippen LogP contribution is 2.18. The normalized spacial score (nSPS) is 11.2. The van der Waals surface area contributed by atoms with Crippen LogP contribution < -0.4 is 14.8 Å². The molecule has 1 amide bonds. The summed E-state index contributed by atoms with van der Waals surface area (Å²) in [6.45, 7) is 2.83. The first-order chi connectivity index (χ1) is 18.9. The maximum absolute atomic E-state index is 12.6. The van der Waals surface area contributed by atoms with Gasteiger partial charge in [-0.1, -0.05) is 62.8 Å². The smallest absolute Gasteiger partial charge is 0.343 e. The van der Waals surface area contributed by atoms with E-state index in [0.29, 0.717) is 34.8 Å². The van der Waals surface area contributed by atoms with Gasteiger partial charge in [0.2, 0.25) is 0 Å². The van der Waals surface area contributed by atoms with Gasteiger partial charge in [-0.25, -0.2) is 9.59 Å². The third-order valence-electron chi connectivity index (χ3n) is 6.11. The molecule has 7 nitrogen and oxygen atoms in total. The summed E-state index contributed by atoms with van der Waals surface area (Å²) >= 11 is 0. The molecule has 2 N–H and O–H groups in total. The molecule has 7 heteroatoms. The minimum absolute atomic E-state index is 0.0353. The lowest BCUT2D eigenvalue weighted by molar-refractivity contribution is -0.139. The Balaban J connectivity index is 1.52. The van der Waals surface area contributed by atoms with E-state index in [9.17, 15) is 19.5 Å². The molecule has 0 aliphatic carbocycles. The second-order valence-corrected chi connectivity index (χ2v) is 9.08. The van der Waals surface area contributed by atoms with Gasteiger partial charge in [-0.3, -0.25) is 4.79 Å². The van der Waals surface area contributed by atoms with Crippen molar-refractivity contribution in [1.82, 2.24) is 5.32 Å². The number of hydrogen-bond donors (Lipinski definition) is 2. The molecule has 0 bridgehead atoms. The third-order valence-corrected chi connectivity index (χ3v) is 6.11. The van der Waals surface area contributed by atoms with Gasteiger partial charge in [-0.15, -0.1) is 6.42 Å². The summed E-state index contributed by atoms with van der Waals surface area (Å²) in [5, 5.41) is 12.2. The summed E-state index contributed by atoms with van der Waals surface area (Å²) in [5.74, 6) is 1.18. The molecule has 0 unspecified atom stereocenters. The van der Waals surface area contributed by atoms with Gasteiger partial charge in [0.25, 0.3) is 5.91 Å². The van der Waals surface area contributed by atoms with Gasteiger partial charge in [0, 0.05) is 12.0 Å². The van der Waals surface area contributed by atoms with Gasteiger partial charge >= 0.3 is 11.9 Å². The summed E-state index contributed by atoms with van der Waals surface area (Å²) in [5.41, 5.74) is 1.64. The minimum Gasteiger partial charge on any atom is -0.494 e. The number of unbranched alkanes of at least 4 members (excludes halogenated alkanes) is 4. The Labute approximate surface area is 229 Å². The summed E-state index contributed by atoms with van der Waals surface area (Å²) < 4.78 is 11.2. The predicted molar refractivity (Wildman–Crippen MR) is 149 cm³/mol. The molecule has 0 aliphatic heterocycles. The zero-order valence-corrected chi connectivity index (χ0v) is 22.0. The fourth-order valence-electron chi connectivity index (χ4n) is 3.92. The Kier molecular flexibility index (Phi) is 11.1. The van der Waals surface area contributed by atoms with E-state index in [1.807, 2.05) is 0 Å². The lowest BCUT2D eigenvalue weighted by Crippen LogP contribution is -2.42. The first kappa shape index (κ1) is 29.0. The number of carbonyl (C=O) groups is 3.